The van der Waals surface area contributed by atoms with Crippen molar-refractivity contribution in [3.63, 3.8) is 0 Å². The second kappa shape index (κ2) is 14.9. The van der Waals surface area contributed by atoms with Crippen LogP contribution in [-0.4, -0.2) is 83.0 Å². The Bertz CT molecular complexity index is 503. The van der Waals surface area contributed by atoms with Crippen molar-refractivity contribution < 1.29 is 38.2 Å². The average molecular weight is 420 g/mol. The van der Waals surface area contributed by atoms with Gasteiger partial charge in [0.25, 0.3) is 0 Å². The van der Waals surface area contributed by atoms with E-state index in [1.807, 2.05) is 6.92 Å². The number of carbonyl (C=O) groups is 5. The quantitative estimate of drug-likeness (QED) is 0.502. The smallest absolute Gasteiger partial charge is 0.406 e. The lowest BCUT2D eigenvalue weighted by Gasteiger charge is -2.30. The van der Waals surface area contributed by atoms with Crippen LogP contribution in [0.3, 0.4) is 0 Å². The third-order valence-electron chi connectivity index (χ3n) is 3.84. The minimum atomic E-state index is -0.814. The molecule has 0 aliphatic rings. The molecule has 0 aliphatic carbocycles. The Kier molecular flexibility index (Phi) is 14.5. The number of hydrogen-bond acceptors (Lipinski definition) is 8. The number of ether oxygens (including phenoxy) is 3. The maximum absolute atomic E-state index is 11.2. The topological polar surface area (TPSA) is 152 Å². The van der Waals surface area contributed by atoms with Gasteiger partial charge in [0.15, 0.2) is 0 Å². The molecule has 0 spiro atoms. The van der Waals surface area contributed by atoms with Crippen LogP contribution in [0.2, 0.25) is 0 Å². The van der Waals surface area contributed by atoms with Gasteiger partial charge < -0.3 is 30.2 Å². The standard InChI is InChI=1S/C12H23N3O6.C5H9NO2/c1-5-12(6-19-9(16)13-2,7-20-10(17)14-3)8-21-11(18)15-4;1-4(7)6(3)5(2)8/h5-8H2,1-4H3,(H,13,16)(H,14,17)(H,15,18);1-3H3. The molecule has 3 N–H and O–H groups in total. The van der Waals surface area contributed by atoms with E-state index in [4.69, 9.17) is 14.2 Å². The second-order valence-corrected chi connectivity index (χ2v) is 5.93. The Balaban J connectivity index is 0. The highest BCUT2D eigenvalue weighted by Crippen LogP contribution is 2.24. The van der Waals surface area contributed by atoms with Crippen molar-refractivity contribution in [3.05, 3.63) is 0 Å². The number of imide groups is 1. The molecule has 0 radical (unpaired) electrons. The second-order valence-electron chi connectivity index (χ2n) is 5.93. The van der Waals surface area contributed by atoms with E-state index in [-0.39, 0.29) is 31.6 Å². The van der Waals surface area contributed by atoms with Crippen LogP contribution in [-0.2, 0) is 23.8 Å². The number of amides is 5. The summed E-state index contributed by atoms with van der Waals surface area (Å²) in [4.78, 5) is 55.2. The van der Waals surface area contributed by atoms with E-state index in [9.17, 15) is 24.0 Å². The van der Waals surface area contributed by atoms with Gasteiger partial charge in [0.2, 0.25) is 11.8 Å². The summed E-state index contributed by atoms with van der Waals surface area (Å²) in [5.74, 6) is -0.449. The fraction of sp³-hybridized carbons (Fsp3) is 0.706. The Hall–Kier alpha value is -3.05. The largest absolute Gasteiger partial charge is 0.449 e. The monoisotopic (exact) mass is 420 g/mol. The highest BCUT2D eigenvalue weighted by molar-refractivity contribution is 5.92. The van der Waals surface area contributed by atoms with E-state index in [0.29, 0.717) is 6.42 Å². The van der Waals surface area contributed by atoms with Crippen molar-refractivity contribution in [2.75, 3.05) is 48.0 Å². The molecule has 0 aromatic heterocycles. The summed E-state index contributed by atoms with van der Waals surface area (Å²) in [6, 6.07) is 0. The molecule has 0 aromatic rings. The summed E-state index contributed by atoms with van der Waals surface area (Å²) >= 11 is 0. The van der Waals surface area contributed by atoms with Crippen molar-refractivity contribution in [2.24, 2.45) is 5.41 Å². The normalized spacial score (nSPS) is 9.76. The lowest BCUT2D eigenvalue weighted by atomic mass is 9.88. The molecule has 0 aliphatic heterocycles. The number of carbonyl (C=O) groups excluding carboxylic acids is 5. The molecule has 12 heteroatoms. The Morgan fingerprint density at radius 1 is 0.724 bits per heavy atom. The van der Waals surface area contributed by atoms with Gasteiger partial charge in [0.05, 0.1) is 5.41 Å². The molecule has 29 heavy (non-hydrogen) atoms. The third-order valence-corrected chi connectivity index (χ3v) is 3.84. The maximum atomic E-state index is 11.2. The van der Waals surface area contributed by atoms with Crippen LogP contribution in [0, 0.1) is 5.41 Å². The molecule has 0 heterocycles. The Morgan fingerprint density at radius 2 is 1.00 bits per heavy atom. The van der Waals surface area contributed by atoms with Crippen LogP contribution in [0.15, 0.2) is 0 Å². The predicted molar refractivity (Wildman–Crippen MR) is 103 cm³/mol. The summed E-state index contributed by atoms with van der Waals surface area (Å²) in [7, 11) is 5.73. The van der Waals surface area contributed by atoms with Gasteiger partial charge in [0, 0.05) is 42.0 Å². The number of alkyl carbamates (subject to hydrolysis) is 3. The zero-order valence-corrected chi connectivity index (χ0v) is 18.0. The molecule has 0 unspecified atom stereocenters. The van der Waals surface area contributed by atoms with Gasteiger partial charge in [-0.3, -0.25) is 14.5 Å². The fourth-order valence-corrected chi connectivity index (χ4v) is 1.53. The molecule has 0 aromatic carbocycles. The molecule has 12 nitrogen and oxygen atoms in total. The molecular formula is C17H32N4O8. The molecule has 5 amide bonds. The number of nitrogens with zero attached hydrogens (tertiary/aromatic N) is 1. The van der Waals surface area contributed by atoms with Crippen LogP contribution in [0.25, 0.3) is 0 Å². The van der Waals surface area contributed by atoms with Crippen LogP contribution in [0.5, 0.6) is 0 Å². The van der Waals surface area contributed by atoms with E-state index in [0.717, 1.165) is 4.90 Å². The minimum absolute atomic E-state index is 0.0584. The zero-order valence-electron chi connectivity index (χ0n) is 18.0. The van der Waals surface area contributed by atoms with Crippen LogP contribution in [0.1, 0.15) is 27.2 Å². The maximum Gasteiger partial charge on any atom is 0.406 e. The number of hydrogen-bond donors (Lipinski definition) is 3. The van der Waals surface area contributed by atoms with Crippen LogP contribution < -0.4 is 16.0 Å². The highest BCUT2D eigenvalue weighted by atomic mass is 16.6. The first-order chi connectivity index (χ1) is 13.5. The average Bonchev–Trinajstić information content (AvgIpc) is 2.72. The van der Waals surface area contributed by atoms with E-state index >= 15 is 0 Å². The van der Waals surface area contributed by atoms with E-state index < -0.39 is 23.7 Å². The van der Waals surface area contributed by atoms with Gasteiger partial charge in [-0.2, -0.15) is 0 Å². The number of nitrogens with one attached hydrogen (secondary N) is 3. The molecule has 0 saturated carbocycles. The summed E-state index contributed by atoms with van der Waals surface area (Å²) in [6.45, 7) is 4.34. The van der Waals surface area contributed by atoms with E-state index in [2.05, 4.69) is 16.0 Å². The zero-order chi connectivity index (χ0) is 23.0. The van der Waals surface area contributed by atoms with Gasteiger partial charge in [-0.15, -0.1) is 0 Å². The highest BCUT2D eigenvalue weighted by Gasteiger charge is 2.34. The first kappa shape index (κ1) is 28.2. The lowest BCUT2D eigenvalue weighted by Crippen LogP contribution is -2.41. The first-order valence-electron chi connectivity index (χ1n) is 8.76. The van der Waals surface area contributed by atoms with E-state index in [1.54, 1.807) is 0 Å². The first-order valence-corrected chi connectivity index (χ1v) is 8.76. The van der Waals surface area contributed by atoms with Crippen LogP contribution >= 0.6 is 0 Å². The van der Waals surface area contributed by atoms with Crippen molar-refractivity contribution in [1.82, 2.24) is 20.9 Å². The van der Waals surface area contributed by atoms with Gasteiger partial charge in [-0.05, 0) is 6.42 Å². The molecule has 168 valence electrons. The Morgan fingerprint density at radius 3 is 1.14 bits per heavy atom. The predicted octanol–water partition coefficient (Wildman–Crippen LogP) is 0.462. The van der Waals surface area contributed by atoms with Crippen LogP contribution in [0.4, 0.5) is 14.4 Å². The van der Waals surface area contributed by atoms with E-state index in [1.165, 1.54) is 42.0 Å². The molecule has 0 bridgehead atoms. The van der Waals surface area contributed by atoms with Gasteiger partial charge >= 0.3 is 18.3 Å². The van der Waals surface area contributed by atoms with Gasteiger partial charge in [0.1, 0.15) is 19.8 Å². The summed E-state index contributed by atoms with van der Waals surface area (Å²) in [6.07, 6.45) is -1.38. The molecule has 0 fully saturated rings. The SMILES string of the molecule is CC(=O)N(C)C(C)=O.CCC(COC(=O)NC)(COC(=O)NC)COC(=O)NC. The molecule has 0 rings (SSSR count). The molecular weight excluding hydrogens is 388 g/mol. The summed E-state index contributed by atoms with van der Waals surface area (Å²) < 4.78 is 15.0. The fourth-order valence-electron chi connectivity index (χ4n) is 1.53. The lowest BCUT2D eigenvalue weighted by molar-refractivity contribution is -0.140. The minimum Gasteiger partial charge on any atom is -0.449 e. The van der Waals surface area contributed by atoms with Crippen molar-refractivity contribution >= 4 is 30.1 Å². The van der Waals surface area contributed by atoms with Crippen molar-refractivity contribution in [3.8, 4) is 0 Å². The Labute approximate surface area is 170 Å². The number of rotatable bonds is 7. The van der Waals surface area contributed by atoms with Crippen molar-refractivity contribution in [2.45, 2.75) is 27.2 Å². The third kappa shape index (κ3) is 12.9. The van der Waals surface area contributed by atoms with Gasteiger partial charge in [-0.1, -0.05) is 6.92 Å². The van der Waals surface area contributed by atoms with Gasteiger partial charge in [-0.25, -0.2) is 14.4 Å². The molecule has 0 saturated heterocycles. The summed E-state index contributed by atoms with van der Waals surface area (Å²) in [5.41, 5.74) is -0.814. The summed E-state index contributed by atoms with van der Waals surface area (Å²) in [5, 5.41) is 6.94. The van der Waals surface area contributed by atoms with Crippen molar-refractivity contribution in [1.29, 1.82) is 0 Å². The molecule has 0 atom stereocenters.